The predicted octanol–water partition coefficient (Wildman–Crippen LogP) is 3.68. The van der Waals surface area contributed by atoms with Crippen molar-refractivity contribution in [3.05, 3.63) is 30.4 Å². The molecule has 0 aromatic heterocycles. The molecule has 1 atom stereocenters. The van der Waals surface area contributed by atoms with E-state index in [1.165, 1.54) is 6.92 Å². The van der Waals surface area contributed by atoms with Crippen LogP contribution in [0.1, 0.15) is 40.5 Å². The molecule has 1 rings (SSSR count). The van der Waals surface area contributed by atoms with Crippen LogP contribution >= 0.6 is 0 Å². The van der Waals surface area contributed by atoms with Gasteiger partial charge in [0.1, 0.15) is 17.2 Å². The zero-order valence-electron chi connectivity index (χ0n) is 15.3. The lowest BCUT2D eigenvalue weighted by atomic mass is 10.2. The average Bonchev–Trinajstić information content (AvgIpc) is 2.54. The van der Waals surface area contributed by atoms with E-state index in [1.807, 2.05) is 20.8 Å². The first-order valence-electron chi connectivity index (χ1n) is 8.40. The van der Waals surface area contributed by atoms with Gasteiger partial charge in [-0.2, -0.15) is 0 Å². The van der Waals surface area contributed by atoms with Gasteiger partial charge >= 0.3 is 11.9 Å². The van der Waals surface area contributed by atoms with Crippen molar-refractivity contribution in [3.8, 4) is 17.2 Å². The summed E-state index contributed by atoms with van der Waals surface area (Å²) in [4.78, 5) is 24.1. The molecular weight excluding hydrogens is 324 g/mol. The maximum Gasteiger partial charge on any atom is 0.352 e. The maximum absolute atomic E-state index is 12.4. The van der Waals surface area contributed by atoms with Crippen LogP contribution in [0, 0.1) is 0 Å². The zero-order valence-corrected chi connectivity index (χ0v) is 15.3. The summed E-state index contributed by atoms with van der Waals surface area (Å²) in [7, 11) is 0. The second-order valence-electron chi connectivity index (χ2n) is 5.39. The topological polar surface area (TPSA) is 71.1 Å². The van der Waals surface area contributed by atoms with Crippen LogP contribution < -0.4 is 14.2 Å². The SMILES string of the molecule is C=C(C)C(=O)OC(CCC)C(=O)Oc1cc(OCC)cc(OCC)c1. The minimum atomic E-state index is -0.986. The summed E-state index contributed by atoms with van der Waals surface area (Å²) in [5, 5.41) is 0. The van der Waals surface area contributed by atoms with Crippen LogP contribution in [0.4, 0.5) is 0 Å². The Morgan fingerprint density at radius 1 is 1.00 bits per heavy atom. The molecular formula is C19H26O6. The summed E-state index contributed by atoms with van der Waals surface area (Å²) < 4.78 is 21.4. The fourth-order valence-corrected chi connectivity index (χ4v) is 2.00. The third-order valence-electron chi connectivity index (χ3n) is 3.11. The zero-order chi connectivity index (χ0) is 18.8. The van der Waals surface area contributed by atoms with Crippen molar-refractivity contribution >= 4 is 11.9 Å². The fraction of sp³-hybridized carbons (Fsp3) is 0.474. The molecule has 138 valence electrons. The summed E-state index contributed by atoms with van der Waals surface area (Å²) >= 11 is 0. The molecule has 0 amide bonds. The summed E-state index contributed by atoms with van der Waals surface area (Å²) in [5.74, 6) is 0.0670. The number of hydrogen-bond acceptors (Lipinski definition) is 6. The Bertz CT molecular complexity index is 584. The van der Waals surface area contributed by atoms with Gasteiger partial charge in [0.25, 0.3) is 0 Å². The Hall–Kier alpha value is -2.50. The molecule has 0 aliphatic rings. The molecule has 1 aromatic rings. The standard InChI is InChI=1S/C19H26O6/c1-6-9-17(25-18(20)13(4)5)19(21)24-16-11-14(22-7-2)10-15(12-16)23-8-3/h10-12,17H,4,6-9H2,1-3,5H3. The first-order valence-corrected chi connectivity index (χ1v) is 8.40. The largest absolute Gasteiger partial charge is 0.494 e. The van der Waals surface area contributed by atoms with E-state index in [-0.39, 0.29) is 11.3 Å². The van der Waals surface area contributed by atoms with Crippen molar-refractivity contribution in [1.82, 2.24) is 0 Å². The van der Waals surface area contributed by atoms with E-state index in [4.69, 9.17) is 18.9 Å². The molecule has 1 aromatic carbocycles. The normalized spacial score (nSPS) is 11.4. The van der Waals surface area contributed by atoms with Crippen molar-refractivity contribution < 1.29 is 28.5 Å². The smallest absolute Gasteiger partial charge is 0.352 e. The van der Waals surface area contributed by atoms with Crippen LogP contribution in [-0.4, -0.2) is 31.3 Å². The first-order chi connectivity index (χ1) is 11.9. The van der Waals surface area contributed by atoms with Crippen LogP contribution in [0.15, 0.2) is 30.4 Å². The van der Waals surface area contributed by atoms with Gasteiger partial charge in [0, 0.05) is 23.8 Å². The lowest BCUT2D eigenvalue weighted by Gasteiger charge is -2.17. The van der Waals surface area contributed by atoms with Gasteiger partial charge in [0.2, 0.25) is 0 Å². The molecule has 0 heterocycles. The van der Waals surface area contributed by atoms with E-state index in [9.17, 15) is 9.59 Å². The molecule has 0 N–H and O–H groups in total. The molecule has 25 heavy (non-hydrogen) atoms. The molecule has 0 aliphatic heterocycles. The van der Waals surface area contributed by atoms with Crippen molar-refractivity contribution in [2.75, 3.05) is 13.2 Å². The minimum Gasteiger partial charge on any atom is -0.494 e. The Morgan fingerprint density at radius 3 is 1.96 bits per heavy atom. The Balaban J connectivity index is 2.93. The molecule has 0 radical (unpaired) electrons. The van der Waals surface area contributed by atoms with E-state index in [1.54, 1.807) is 18.2 Å². The van der Waals surface area contributed by atoms with E-state index < -0.39 is 18.0 Å². The van der Waals surface area contributed by atoms with Crippen LogP contribution in [0.3, 0.4) is 0 Å². The van der Waals surface area contributed by atoms with Crippen LogP contribution in [0.5, 0.6) is 17.2 Å². The quantitative estimate of drug-likeness (QED) is 0.364. The number of carbonyl (C=O) groups is 2. The molecule has 0 saturated carbocycles. The summed E-state index contributed by atoms with van der Waals surface area (Å²) in [6.45, 7) is 11.6. The number of hydrogen-bond donors (Lipinski definition) is 0. The van der Waals surface area contributed by atoms with Gasteiger partial charge in [-0.05, 0) is 27.2 Å². The van der Waals surface area contributed by atoms with E-state index in [2.05, 4.69) is 6.58 Å². The Kier molecular flexibility index (Phi) is 8.53. The Labute approximate surface area is 148 Å². The third-order valence-corrected chi connectivity index (χ3v) is 3.11. The molecule has 0 bridgehead atoms. The summed E-state index contributed by atoms with van der Waals surface area (Å²) in [5.41, 5.74) is 0.228. The summed E-state index contributed by atoms with van der Waals surface area (Å²) in [6.07, 6.45) is 0.0359. The molecule has 1 unspecified atom stereocenters. The average molecular weight is 350 g/mol. The van der Waals surface area contributed by atoms with Crippen LogP contribution in [0.2, 0.25) is 0 Å². The van der Waals surface area contributed by atoms with Gasteiger partial charge in [-0.3, -0.25) is 0 Å². The highest BCUT2D eigenvalue weighted by Crippen LogP contribution is 2.28. The van der Waals surface area contributed by atoms with E-state index in [0.717, 1.165) is 0 Å². The maximum atomic E-state index is 12.4. The van der Waals surface area contributed by atoms with Crippen molar-refractivity contribution in [2.45, 2.75) is 46.6 Å². The van der Waals surface area contributed by atoms with Crippen LogP contribution in [-0.2, 0) is 14.3 Å². The van der Waals surface area contributed by atoms with Gasteiger partial charge in [-0.1, -0.05) is 19.9 Å². The third kappa shape index (κ3) is 6.87. The highest BCUT2D eigenvalue weighted by atomic mass is 16.6. The molecule has 0 aliphatic carbocycles. The van der Waals surface area contributed by atoms with Gasteiger partial charge in [0.15, 0.2) is 6.10 Å². The number of esters is 2. The van der Waals surface area contributed by atoms with E-state index in [0.29, 0.717) is 37.6 Å². The van der Waals surface area contributed by atoms with Gasteiger partial charge in [-0.15, -0.1) is 0 Å². The molecule has 6 nitrogen and oxygen atoms in total. The molecule has 0 spiro atoms. The van der Waals surface area contributed by atoms with Gasteiger partial charge in [0.05, 0.1) is 13.2 Å². The highest BCUT2D eigenvalue weighted by Gasteiger charge is 2.25. The number of rotatable bonds is 10. The van der Waals surface area contributed by atoms with Crippen molar-refractivity contribution in [1.29, 1.82) is 0 Å². The highest BCUT2D eigenvalue weighted by molar-refractivity contribution is 5.89. The lowest BCUT2D eigenvalue weighted by Crippen LogP contribution is -2.31. The van der Waals surface area contributed by atoms with E-state index >= 15 is 0 Å². The predicted molar refractivity (Wildman–Crippen MR) is 94.0 cm³/mol. The molecule has 0 saturated heterocycles. The Morgan fingerprint density at radius 2 is 1.52 bits per heavy atom. The minimum absolute atomic E-state index is 0.228. The van der Waals surface area contributed by atoms with Crippen LogP contribution in [0.25, 0.3) is 0 Å². The summed E-state index contributed by atoms with van der Waals surface area (Å²) in [6, 6.07) is 4.90. The van der Waals surface area contributed by atoms with Crippen molar-refractivity contribution in [2.24, 2.45) is 0 Å². The number of carbonyl (C=O) groups excluding carboxylic acids is 2. The second kappa shape index (κ2) is 10.4. The number of ether oxygens (including phenoxy) is 4. The van der Waals surface area contributed by atoms with Gasteiger partial charge < -0.3 is 18.9 Å². The van der Waals surface area contributed by atoms with Crippen molar-refractivity contribution in [3.63, 3.8) is 0 Å². The molecule has 0 fully saturated rings. The second-order valence-corrected chi connectivity index (χ2v) is 5.39. The van der Waals surface area contributed by atoms with Gasteiger partial charge in [-0.25, -0.2) is 9.59 Å². The number of benzene rings is 1. The first kappa shape index (κ1) is 20.5. The fourth-order valence-electron chi connectivity index (χ4n) is 2.00. The molecule has 6 heteroatoms. The lowest BCUT2D eigenvalue weighted by molar-refractivity contribution is -0.159. The monoisotopic (exact) mass is 350 g/mol.